The Balaban J connectivity index is 1.37. The van der Waals surface area contributed by atoms with Crippen molar-refractivity contribution >= 4 is 43.9 Å². The summed E-state index contributed by atoms with van der Waals surface area (Å²) in [6.45, 7) is 6.72. The number of hydrogen-bond acceptors (Lipinski definition) is 4. The highest BCUT2D eigenvalue weighted by Gasteiger charge is 2.25. The molecule has 0 N–H and O–H groups in total. The molecule has 0 saturated carbocycles. The van der Waals surface area contributed by atoms with Gasteiger partial charge in [-0.2, -0.15) is 5.26 Å². The molecule has 0 bridgehead atoms. The maximum absolute atomic E-state index is 10.0. The molecule has 3 aromatic heterocycles. The molecule has 3 heterocycles. The summed E-state index contributed by atoms with van der Waals surface area (Å²) < 4.78 is 9.03. The predicted octanol–water partition coefficient (Wildman–Crippen LogP) is 13.3. The van der Waals surface area contributed by atoms with Crippen molar-refractivity contribution in [3.63, 3.8) is 0 Å². The van der Waals surface area contributed by atoms with Crippen LogP contribution in [0.2, 0.25) is 0 Å². The lowest BCUT2D eigenvalue weighted by Crippen LogP contribution is -2.10. The van der Waals surface area contributed by atoms with Gasteiger partial charge in [0.05, 0.1) is 28.4 Å². The number of fused-ring (bicyclic) bond motifs is 6. The molecule has 0 fully saturated rings. The summed E-state index contributed by atoms with van der Waals surface area (Å²) in [5.74, 6) is 0.636. The molecule has 0 amide bonds. The molecular weight excluding hydrogens is 685 g/mol. The largest absolute Gasteiger partial charge is 0.452 e. The Morgan fingerprint density at radius 3 is 1.75 bits per heavy atom. The van der Waals surface area contributed by atoms with Crippen LogP contribution >= 0.6 is 0 Å². The summed E-state index contributed by atoms with van der Waals surface area (Å²) in [5, 5.41) is 13.1. The first-order valence-corrected chi connectivity index (χ1v) is 18.9. The summed E-state index contributed by atoms with van der Waals surface area (Å²) in [5.41, 5.74) is 13.9. The number of rotatable bonds is 5. The molecule has 5 nitrogen and oxygen atoms in total. The highest BCUT2D eigenvalue weighted by Crippen LogP contribution is 2.46. The van der Waals surface area contributed by atoms with Crippen molar-refractivity contribution in [1.82, 2.24) is 14.5 Å². The Kier molecular flexibility index (Phi) is 7.69. The minimum atomic E-state index is -0.0559. The zero-order valence-corrected chi connectivity index (χ0v) is 31.3. The van der Waals surface area contributed by atoms with Crippen molar-refractivity contribution < 1.29 is 4.42 Å². The van der Waals surface area contributed by atoms with E-state index < -0.39 is 0 Å². The minimum absolute atomic E-state index is 0.0559. The molecule has 10 rings (SSSR count). The number of furan rings is 1. The highest BCUT2D eigenvalue weighted by atomic mass is 16.3. The number of para-hydroxylation sites is 1. The van der Waals surface area contributed by atoms with Crippen LogP contribution in [-0.4, -0.2) is 14.5 Å². The Labute approximate surface area is 324 Å². The monoisotopic (exact) mass is 720 g/mol. The van der Waals surface area contributed by atoms with Crippen LogP contribution in [0.15, 0.2) is 168 Å². The maximum atomic E-state index is 10.0. The van der Waals surface area contributed by atoms with Crippen LogP contribution in [0.25, 0.3) is 94.5 Å². The van der Waals surface area contributed by atoms with Crippen molar-refractivity contribution in [2.24, 2.45) is 0 Å². The van der Waals surface area contributed by atoms with Gasteiger partial charge in [-0.05, 0) is 76.7 Å². The van der Waals surface area contributed by atoms with Crippen LogP contribution in [0, 0.1) is 11.3 Å². The third kappa shape index (κ3) is 5.46. The molecule has 0 spiro atoms. The lowest BCUT2D eigenvalue weighted by Gasteiger charge is -2.22. The summed E-state index contributed by atoms with van der Waals surface area (Å²) >= 11 is 0. The van der Waals surface area contributed by atoms with E-state index in [9.17, 15) is 5.26 Å². The van der Waals surface area contributed by atoms with Gasteiger partial charge in [-0.1, -0.05) is 130 Å². The molecule has 7 aromatic carbocycles. The van der Waals surface area contributed by atoms with Gasteiger partial charge < -0.3 is 8.98 Å². The molecule has 266 valence electrons. The molecule has 0 aliphatic carbocycles. The van der Waals surface area contributed by atoms with E-state index in [1.165, 1.54) is 5.56 Å². The summed E-state index contributed by atoms with van der Waals surface area (Å²) in [7, 11) is 0. The van der Waals surface area contributed by atoms with Gasteiger partial charge in [0.2, 0.25) is 0 Å². The van der Waals surface area contributed by atoms with Crippen molar-refractivity contribution in [3.8, 4) is 56.7 Å². The molecule has 5 heteroatoms. The lowest BCUT2D eigenvalue weighted by atomic mass is 9.86. The Morgan fingerprint density at radius 2 is 1.12 bits per heavy atom. The fraction of sp³-hybridized carbons (Fsp3) is 0.0784. The van der Waals surface area contributed by atoms with Crippen LogP contribution < -0.4 is 0 Å². The van der Waals surface area contributed by atoms with Gasteiger partial charge in [-0.25, -0.2) is 9.97 Å². The second kappa shape index (κ2) is 12.9. The first kappa shape index (κ1) is 33.3. The third-order valence-electron chi connectivity index (χ3n) is 10.8. The van der Waals surface area contributed by atoms with Crippen LogP contribution in [0.4, 0.5) is 0 Å². The van der Waals surface area contributed by atoms with E-state index in [-0.39, 0.29) is 5.41 Å². The standard InChI is InChI=1S/C51H36N4O/c1-51(2,3)37-24-26-44-42(30-37)41-27-32(31-52)23-25-43(41)55(44)48-39(33-15-7-4-8-16-33)28-36(29-40(48)34-17-9-5-10-18-34)46-49-47(38-21-13-14-22-45(38)56-49)54-50(53-46)35-19-11-6-12-20-35/h4-30H,1-3H3. The average Bonchev–Trinajstić information content (AvgIpc) is 3.78. The average molecular weight is 721 g/mol. The Hall–Kier alpha value is -7.29. The fourth-order valence-corrected chi connectivity index (χ4v) is 7.99. The molecule has 0 radical (unpaired) electrons. The second-order valence-corrected chi connectivity index (χ2v) is 15.4. The van der Waals surface area contributed by atoms with Gasteiger partial charge in [0, 0.05) is 38.4 Å². The Bertz CT molecular complexity index is 3100. The van der Waals surface area contributed by atoms with Gasteiger partial charge in [-0.15, -0.1) is 0 Å². The highest BCUT2D eigenvalue weighted by molar-refractivity contribution is 6.12. The fourth-order valence-electron chi connectivity index (χ4n) is 7.99. The SMILES string of the molecule is CC(C)(C)c1ccc2c(c1)c1cc(C#N)ccc1n2-c1c(-c2ccccc2)cc(-c2nc(-c3ccccc3)nc3c2oc2ccccc23)cc1-c1ccccc1. The molecule has 0 atom stereocenters. The lowest BCUT2D eigenvalue weighted by molar-refractivity contribution is 0.591. The predicted molar refractivity (Wildman–Crippen MR) is 229 cm³/mol. The Morgan fingerprint density at radius 1 is 0.554 bits per heavy atom. The van der Waals surface area contributed by atoms with E-state index in [0.717, 1.165) is 83.1 Å². The zero-order chi connectivity index (χ0) is 38.0. The van der Waals surface area contributed by atoms with Crippen molar-refractivity contribution in [1.29, 1.82) is 5.26 Å². The molecule has 0 unspecified atom stereocenters. The van der Waals surface area contributed by atoms with Crippen molar-refractivity contribution in [2.75, 3.05) is 0 Å². The summed E-state index contributed by atoms with van der Waals surface area (Å²) in [6, 6.07) is 59.1. The van der Waals surface area contributed by atoms with E-state index in [4.69, 9.17) is 14.4 Å². The third-order valence-corrected chi connectivity index (χ3v) is 10.8. The molecular formula is C51H36N4O. The topological polar surface area (TPSA) is 67.6 Å². The molecule has 0 saturated heterocycles. The number of nitrogens with zero attached hydrogens (tertiary/aromatic N) is 4. The van der Waals surface area contributed by atoms with Crippen molar-refractivity contribution in [3.05, 3.63) is 175 Å². The summed E-state index contributed by atoms with van der Waals surface area (Å²) in [6.07, 6.45) is 0. The van der Waals surface area contributed by atoms with E-state index >= 15 is 0 Å². The number of nitriles is 1. The van der Waals surface area contributed by atoms with Crippen LogP contribution in [0.3, 0.4) is 0 Å². The van der Waals surface area contributed by atoms with E-state index in [1.54, 1.807) is 0 Å². The molecule has 0 aliphatic rings. The van der Waals surface area contributed by atoms with Gasteiger partial charge in [0.15, 0.2) is 11.4 Å². The summed E-state index contributed by atoms with van der Waals surface area (Å²) in [4.78, 5) is 10.4. The second-order valence-electron chi connectivity index (χ2n) is 15.4. The minimum Gasteiger partial charge on any atom is -0.452 e. The van der Waals surface area contributed by atoms with Crippen LogP contribution in [0.1, 0.15) is 31.9 Å². The van der Waals surface area contributed by atoms with Crippen LogP contribution in [0.5, 0.6) is 0 Å². The van der Waals surface area contributed by atoms with E-state index in [1.807, 2.05) is 60.7 Å². The van der Waals surface area contributed by atoms with Gasteiger partial charge >= 0.3 is 0 Å². The number of benzene rings is 7. The van der Waals surface area contributed by atoms with E-state index in [0.29, 0.717) is 17.0 Å². The smallest absolute Gasteiger partial charge is 0.180 e. The van der Waals surface area contributed by atoms with Crippen molar-refractivity contribution in [2.45, 2.75) is 26.2 Å². The number of hydrogen-bond donors (Lipinski definition) is 0. The number of aromatic nitrogens is 3. The van der Waals surface area contributed by atoms with Gasteiger partial charge in [0.25, 0.3) is 0 Å². The zero-order valence-electron chi connectivity index (χ0n) is 31.3. The molecule has 10 aromatic rings. The first-order valence-electron chi connectivity index (χ1n) is 18.9. The van der Waals surface area contributed by atoms with Crippen LogP contribution in [-0.2, 0) is 5.41 Å². The van der Waals surface area contributed by atoms with Gasteiger partial charge in [-0.3, -0.25) is 0 Å². The van der Waals surface area contributed by atoms with E-state index in [2.05, 4.69) is 135 Å². The molecule has 56 heavy (non-hydrogen) atoms. The molecule has 0 aliphatic heterocycles. The van der Waals surface area contributed by atoms with Gasteiger partial charge in [0.1, 0.15) is 16.8 Å². The first-order chi connectivity index (χ1) is 27.4. The maximum Gasteiger partial charge on any atom is 0.180 e. The normalized spacial score (nSPS) is 11.8. The quantitative estimate of drug-likeness (QED) is 0.177.